The van der Waals surface area contributed by atoms with E-state index in [0.29, 0.717) is 22.8 Å². The molecule has 0 radical (unpaired) electrons. The second-order valence-electron chi connectivity index (χ2n) is 5.47. The van der Waals surface area contributed by atoms with Gasteiger partial charge in [0.05, 0.1) is 17.7 Å². The Morgan fingerprint density at radius 3 is 2.27 bits per heavy atom. The summed E-state index contributed by atoms with van der Waals surface area (Å²) in [5, 5.41) is 4.00. The lowest BCUT2D eigenvalue weighted by atomic mass is 10.1. The Labute approximate surface area is 152 Å². The van der Waals surface area contributed by atoms with Gasteiger partial charge in [0.25, 0.3) is 5.91 Å². The molecule has 0 unspecified atom stereocenters. The number of rotatable bonds is 7. The van der Waals surface area contributed by atoms with Gasteiger partial charge in [-0.1, -0.05) is 24.3 Å². The van der Waals surface area contributed by atoms with Gasteiger partial charge in [0.15, 0.2) is 27.9 Å². The van der Waals surface area contributed by atoms with Crippen molar-refractivity contribution in [2.75, 3.05) is 20.0 Å². The van der Waals surface area contributed by atoms with Crippen LogP contribution in [-0.2, 0) is 14.6 Å². The molecule has 2 aromatic rings. The number of hydrazone groups is 1. The summed E-state index contributed by atoms with van der Waals surface area (Å²) in [7, 11) is -1.73. The number of nitrogens with one attached hydrogen (secondary N) is 1. The number of nitrogens with zero attached hydrogens (tertiary/aromatic N) is 1. The molecule has 0 aliphatic carbocycles. The monoisotopic (exact) mass is 376 g/mol. The maximum Gasteiger partial charge on any atom is 0.277 e. The average molecular weight is 376 g/mol. The van der Waals surface area contributed by atoms with Crippen molar-refractivity contribution < 1.29 is 22.7 Å². The summed E-state index contributed by atoms with van der Waals surface area (Å²) in [5.74, 6) is 0.566. The van der Waals surface area contributed by atoms with E-state index in [1.807, 2.05) is 0 Å². The van der Waals surface area contributed by atoms with Crippen LogP contribution in [0, 0.1) is 0 Å². The number of carbonyl (C=O) groups excluding carboxylic acids is 1. The average Bonchev–Trinajstić information content (AvgIpc) is 2.64. The van der Waals surface area contributed by atoms with Crippen molar-refractivity contribution >= 4 is 21.5 Å². The fourth-order valence-corrected chi connectivity index (χ4v) is 2.70. The minimum Gasteiger partial charge on any atom is -0.493 e. The van der Waals surface area contributed by atoms with Crippen LogP contribution in [0.1, 0.15) is 12.5 Å². The van der Waals surface area contributed by atoms with E-state index in [9.17, 15) is 13.2 Å². The molecule has 138 valence electrons. The van der Waals surface area contributed by atoms with Crippen LogP contribution in [0.25, 0.3) is 0 Å². The molecule has 1 amide bonds. The maximum absolute atomic E-state index is 11.9. The van der Waals surface area contributed by atoms with Crippen molar-refractivity contribution in [2.45, 2.75) is 11.8 Å². The van der Waals surface area contributed by atoms with E-state index in [1.165, 1.54) is 19.2 Å². The third-order valence-corrected chi connectivity index (χ3v) is 4.60. The predicted octanol–water partition coefficient (Wildman–Crippen LogP) is 2.02. The van der Waals surface area contributed by atoms with Gasteiger partial charge in [-0.05, 0) is 36.8 Å². The Hall–Kier alpha value is -2.87. The highest BCUT2D eigenvalue weighted by Crippen LogP contribution is 2.25. The Morgan fingerprint density at radius 2 is 1.69 bits per heavy atom. The van der Waals surface area contributed by atoms with Gasteiger partial charge in [0, 0.05) is 6.26 Å². The summed E-state index contributed by atoms with van der Waals surface area (Å²) < 4.78 is 33.5. The van der Waals surface area contributed by atoms with Gasteiger partial charge in [-0.2, -0.15) is 5.10 Å². The zero-order valence-electron chi connectivity index (χ0n) is 14.7. The number of hydrogen-bond acceptors (Lipinski definition) is 6. The van der Waals surface area contributed by atoms with Gasteiger partial charge < -0.3 is 9.47 Å². The minimum atomic E-state index is -3.25. The van der Waals surface area contributed by atoms with E-state index < -0.39 is 15.7 Å². The number of benzene rings is 2. The standard InChI is InChI=1S/C18H20N2O5S/c1-13(14-8-10-15(11-9-14)26(3,22)23)19-20-18(21)12-25-17-7-5-4-6-16(17)24-2/h4-11H,12H2,1-3H3,(H,20,21)/b19-13-. The SMILES string of the molecule is COc1ccccc1OCC(=O)N/N=C(/C)c1ccc(S(C)(=O)=O)cc1. The molecule has 8 heteroatoms. The first-order chi connectivity index (χ1) is 12.3. The second kappa shape index (κ2) is 8.48. The topological polar surface area (TPSA) is 94.1 Å². The molecule has 2 aromatic carbocycles. The van der Waals surface area contributed by atoms with E-state index in [4.69, 9.17) is 9.47 Å². The molecule has 0 fully saturated rings. The van der Waals surface area contributed by atoms with Gasteiger partial charge in [-0.3, -0.25) is 4.79 Å². The van der Waals surface area contributed by atoms with Gasteiger partial charge in [0.1, 0.15) is 0 Å². The molecule has 26 heavy (non-hydrogen) atoms. The van der Waals surface area contributed by atoms with Crippen LogP contribution < -0.4 is 14.9 Å². The zero-order valence-corrected chi connectivity index (χ0v) is 15.5. The van der Waals surface area contributed by atoms with E-state index >= 15 is 0 Å². The molecule has 2 rings (SSSR count). The highest BCUT2D eigenvalue weighted by atomic mass is 32.2. The van der Waals surface area contributed by atoms with Crippen LogP contribution in [-0.4, -0.2) is 40.0 Å². The maximum atomic E-state index is 11.9. The first-order valence-electron chi connectivity index (χ1n) is 7.70. The molecule has 0 atom stereocenters. The second-order valence-corrected chi connectivity index (χ2v) is 7.48. The van der Waals surface area contributed by atoms with Crippen molar-refractivity contribution in [1.82, 2.24) is 5.43 Å². The molecule has 0 aromatic heterocycles. The number of ether oxygens (including phenoxy) is 2. The summed E-state index contributed by atoms with van der Waals surface area (Å²) in [6, 6.07) is 13.3. The minimum absolute atomic E-state index is 0.218. The quantitative estimate of drug-likeness (QED) is 0.589. The molecular weight excluding hydrogens is 356 g/mol. The van der Waals surface area contributed by atoms with Crippen LogP contribution in [0.2, 0.25) is 0 Å². The first-order valence-corrected chi connectivity index (χ1v) is 9.60. The molecule has 0 heterocycles. The molecule has 0 saturated heterocycles. The largest absolute Gasteiger partial charge is 0.493 e. The lowest BCUT2D eigenvalue weighted by Crippen LogP contribution is -2.25. The summed E-state index contributed by atoms with van der Waals surface area (Å²) in [6.45, 7) is 1.49. The number of carbonyl (C=O) groups is 1. The van der Waals surface area contributed by atoms with E-state index in [0.717, 1.165) is 6.26 Å². The third-order valence-electron chi connectivity index (χ3n) is 3.48. The highest BCUT2D eigenvalue weighted by Gasteiger charge is 2.08. The van der Waals surface area contributed by atoms with Crippen LogP contribution in [0.4, 0.5) is 0 Å². The Morgan fingerprint density at radius 1 is 1.08 bits per heavy atom. The van der Waals surface area contributed by atoms with Crippen LogP contribution in [0.5, 0.6) is 11.5 Å². The van der Waals surface area contributed by atoms with Crippen molar-refractivity contribution in [3.8, 4) is 11.5 Å². The summed E-state index contributed by atoms with van der Waals surface area (Å²) in [4.78, 5) is 12.1. The molecule has 0 saturated carbocycles. The van der Waals surface area contributed by atoms with Gasteiger partial charge in [-0.25, -0.2) is 13.8 Å². The van der Waals surface area contributed by atoms with Crippen molar-refractivity contribution in [3.63, 3.8) is 0 Å². The lowest BCUT2D eigenvalue weighted by molar-refractivity contribution is -0.123. The molecule has 0 spiro atoms. The highest BCUT2D eigenvalue weighted by molar-refractivity contribution is 7.90. The van der Waals surface area contributed by atoms with E-state index in [2.05, 4.69) is 10.5 Å². The van der Waals surface area contributed by atoms with Crippen LogP contribution >= 0.6 is 0 Å². The zero-order chi connectivity index (χ0) is 19.2. The molecule has 0 aliphatic heterocycles. The lowest BCUT2D eigenvalue weighted by Gasteiger charge is -2.09. The van der Waals surface area contributed by atoms with Gasteiger partial charge >= 0.3 is 0 Å². The fourth-order valence-electron chi connectivity index (χ4n) is 2.07. The van der Waals surface area contributed by atoms with E-state index in [1.54, 1.807) is 43.3 Å². The first kappa shape index (κ1) is 19.5. The fraction of sp³-hybridized carbons (Fsp3) is 0.222. The molecular formula is C18H20N2O5S. The number of amides is 1. The number of methoxy groups -OCH3 is 1. The van der Waals surface area contributed by atoms with Gasteiger partial charge in [-0.15, -0.1) is 0 Å². The van der Waals surface area contributed by atoms with Crippen molar-refractivity contribution in [3.05, 3.63) is 54.1 Å². The Bertz CT molecular complexity index is 905. The normalized spacial score (nSPS) is 11.7. The Kier molecular flexibility index (Phi) is 6.35. The third kappa shape index (κ3) is 5.32. The molecule has 7 nitrogen and oxygen atoms in total. The van der Waals surface area contributed by atoms with Crippen molar-refractivity contribution in [2.24, 2.45) is 5.10 Å². The summed E-state index contributed by atoms with van der Waals surface area (Å²) >= 11 is 0. The number of sulfone groups is 1. The summed E-state index contributed by atoms with van der Waals surface area (Å²) in [5.41, 5.74) is 3.63. The van der Waals surface area contributed by atoms with Crippen molar-refractivity contribution in [1.29, 1.82) is 0 Å². The number of para-hydroxylation sites is 2. The molecule has 1 N–H and O–H groups in total. The van der Waals surface area contributed by atoms with Gasteiger partial charge in [0.2, 0.25) is 0 Å². The molecule has 0 bridgehead atoms. The number of hydrogen-bond donors (Lipinski definition) is 1. The van der Waals surface area contributed by atoms with Crippen LogP contribution in [0.3, 0.4) is 0 Å². The summed E-state index contributed by atoms with van der Waals surface area (Å²) in [6.07, 6.45) is 1.14. The van der Waals surface area contributed by atoms with Crippen LogP contribution in [0.15, 0.2) is 58.5 Å². The molecule has 0 aliphatic rings. The smallest absolute Gasteiger partial charge is 0.277 e. The predicted molar refractivity (Wildman–Crippen MR) is 98.4 cm³/mol. The Balaban J connectivity index is 1.94. The van der Waals surface area contributed by atoms with E-state index in [-0.39, 0.29) is 11.5 Å².